The van der Waals surface area contributed by atoms with Gasteiger partial charge in [-0.05, 0) is 82.3 Å². The number of hydrogen-bond donors (Lipinski definition) is 0. The molecule has 6 heteroatoms. The molecule has 41 heavy (non-hydrogen) atoms. The quantitative estimate of drug-likeness (QED) is 0.146. The Hall–Kier alpha value is -2.08. The van der Waals surface area contributed by atoms with Crippen LogP contribution in [0.4, 0.5) is 0 Å². The van der Waals surface area contributed by atoms with Gasteiger partial charge in [0.15, 0.2) is 0 Å². The predicted octanol–water partition coefficient (Wildman–Crippen LogP) is 9.24. The summed E-state index contributed by atoms with van der Waals surface area (Å²) in [5.41, 5.74) is 4.40. The van der Waals surface area contributed by atoms with Crippen LogP contribution in [-0.4, -0.2) is 30.2 Å². The van der Waals surface area contributed by atoms with Gasteiger partial charge in [-0.15, -0.1) is 0 Å². The fourth-order valence-corrected chi connectivity index (χ4v) is 6.40. The van der Waals surface area contributed by atoms with E-state index in [1.807, 2.05) is 13.8 Å². The van der Waals surface area contributed by atoms with Crippen LogP contribution >= 0.6 is 0 Å². The third-order valence-electron chi connectivity index (χ3n) is 9.10. The van der Waals surface area contributed by atoms with E-state index in [0.717, 1.165) is 70.7 Å². The normalized spacial score (nSPS) is 21.6. The van der Waals surface area contributed by atoms with Crippen molar-refractivity contribution in [2.45, 2.75) is 151 Å². The highest BCUT2D eigenvalue weighted by atomic mass is 16.8. The zero-order chi connectivity index (χ0) is 30.2. The molecule has 0 aliphatic carbocycles. The van der Waals surface area contributed by atoms with E-state index >= 15 is 0 Å². The molecule has 4 atom stereocenters. The number of ether oxygens (including phenoxy) is 3. The van der Waals surface area contributed by atoms with E-state index in [2.05, 4.69) is 46.7 Å². The molecule has 4 unspecified atom stereocenters. The highest BCUT2D eigenvalue weighted by Crippen LogP contribution is 2.46. The van der Waals surface area contributed by atoms with Gasteiger partial charge in [0, 0.05) is 24.7 Å². The molecule has 232 valence electrons. The monoisotopic (exact) mass is 571 g/mol. The molecule has 0 fully saturated rings. The molecule has 0 aromatic heterocycles. The molecule has 0 bridgehead atoms. The molecule has 0 saturated heterocycles. The van der Waals surface area contributed by atoms with Gasteiger partial charge in [-0.25, -0.2) is 0 Å². The van der Waals surface area contributed by atoms with Crippen molar-refractivity contribution in [2.24, 2.45) is 22.9 Å². The van der Waals surface area contributed by atoms with E-state index in [9.17, 15) is 4.79 Å². The minimum absolute atomic E-state index is 0.211. The summed E-state index contributed by atoms with van der Waals surface area (Å²) in [5.74, 6) is 3.57. The minimum atomic E-state index is -0.415. The number of carbonyl (C=O) groups excluding carboxylic acids is 1. The Bertz CT molecular complexity index is 1050. The van der Waals surface area contributed by atoms with Gasteiger partial charge < -0.3 is 19.0 Å². The molecule has 1 aromatic carbocycles. The number of carbonyl (C=O) groups is 1. The lowest BCUT2D eigenvalue weighted by atomic mass is 9.82. The molecule has 0 saturated carbocycles. The third kappa shape index (κ3) is 9.46. The Morgan fingerprint density at radius 2 is 1.63 bits per heavy atom. The summed E-state index contributed by atoms with van der Waals surface area (Å²) >= 11 is 0. The fourth-order valence-electron chi connectivity index (χ4n) is 6.40. The molecular formula is C35H57NO5. The number of hydrogen-bond acceptors (Lipinski definition) is 6. The van der Waals surface area contributed by atoms with Gasteiger partial charge in [0.25, 0.3) is 0 Å². The van der Waals surface area contributed by atoms with E-state index in [-0.39, 0.29) is 11.6 Å². The van der Waals surface area contributed by atoms with Crippen molar-refractivity contribution in [2.75, 3.05) is 6.61 Å². The van der Waals surface area contributed by atoms with Gasteiger partial charge in [0.2, 0.25) is 6.29 Å². The predicted molar refractivity (Wildman–Crippen MR) is 167 cm³/mol. The average Bonchev–Trinajstić information content (AvgIpc) is 3.35. The second-order valence-electron chi connectivity index (χ2n) is 13.5. The first-order valence-electron chi connectivity index (χ1n) is 16.3. The first-order chi connectivity index (χ1) is 19.4. The van der Waals surface area contributed by atoms with Gasteiger partial charge in [-0.3, -0.25) is 4.79 Å². The van der Waals surface area contributed by atoms with E-state index < -0.39 is 6.29 Å². The standard InChI is InChI=1S/C35H57NO5/c1-10-38-31-22-30(36-41-31)32-29-19-21-35(9,40-33(29)26(6)27(7)34(32)39-28(8)37)20-13-18-25(5)17-12-16-24(4)15-11-14-23(2)3/h23-25,31H,10-22H2,1-9H3. The van der Waals surface area contributed by atoms with Crippen LogP contribution in [-0.2, 0) is 20.8 Å². The molecule has 1 aromatic rings. The highest BCUT2D eigenvalue weighted by molar-refractivity contribution is 6.06. The van der Waals surface area contributed by atoms with Crippen molar-refractivity contribution in [3.8, 4) is 11.5 Å². The first-order valence-corrected chi connectivity index (χ1v) is 16.3. The maximum Gasteiger partial charge on any atom is 0.308 e. The van der Waals surface area contributed by atoms with Gasteiger partial charge in [-0.2, -0.15) is 0 Å². The highest BCUT2D eigenvalue weighted by Gasteiger charge is 2.38. The summed E-state index contributed by atoms with van der Waals surface area (Å²) in [6.45, 7) is 19.7. The van der Waals surface area contributed by atoms with Crippen molar-refractivity contribution in [3.63, 3.8) is 0 Å². The van der Waals surface area contributed by atoms with Crippen LogP contribution in [0.25, 0.3) is 0 Å². The van der Waals surface area contributed by atoms with Crippen LogP contribution in [0, 0.1) is 31.6 Å². The molecule has 0 spiro atoms. The number of fused-ring (bicyclic) bond motifs is 1. The second kappa shape index (κ2) is 15.4. The number of esters is 1. The third-order valence-corrected chi connectivity index (χ3v) is 9.10. The summed E-state index contributed by atoms with van der Waals surface area (Å²) in [6, 6.07) is 0. The minimum Gasteiger partial charge on any atom is -0.487 e. The Morgan fingerprint density at radius 3 is 2.24 bits per heavy atom. The van der Waals surface area contributed by atoms with Gasteiger partial charge >= 0.3 is 5.97 Å². The summed E-state index contributed by atoms with van der Waals surface area (Å²) in [6.07, 6.45) is 13.5. The summed E-state index contributed by atoms with van der Waals surface area (Å²) < 4.78 is 18.3. The fraction of sp³-hybridized carbons (Fsp3) is 0.771. The van der Waals surface area contributed by atoms with Crippen LogP contribution in [0.15, 0.2) is 5.16 Å². The lowest BCUT2D eigenvalue weighted by Crippen LogP contribution is -2.37. The molecule has 0 N–H and O–H groups in total. The van der Waals surface area contributed by atoms with Crippen molar-refractivity contribution < 1.29 is 23.8 Å². The van der Waals surface area contributed by atoms with E-state index in [1.54, 1.807) is 0 Å². The molecule has 2 aliphatic rings. The number of rotatable bonds is 16. The molecule has 6 nitrogen and oxygen atoms in total. The lowest BCUT2D eigenvalue weighted by Gasteiger charge is -2.38. The van der Waals surface area contributed by atoms with Crippen molar-refractivity contribution in [3.05, 3.63) is 22.3 Å². The molecule has 0 amide bonds. The molecule has 0 radical (unpaired) electrons. The Balaban J connectivity index is 1.62. The van der Waals surface area contributed by atoms with Crippen LogP contribution in [0.2, 0.25) is 0 Å². The Labute approximate surface area is 249 Å². The van der Waals surface area contributed by atoms with Gasteiger partial charge in [0.05, 0.1) is 12.1 Å². The van der Waals surface area contributed by atoms with Crippen molar-refractivity contribution in [1.82, 2.24) is 0 Å². The molecule has 2 aliphatic heterocycles. The Kier molecular flexibility index (Phi) is 12.6. The summed E-state index contributed by atoms with van der Waals surface area (Å²) in [7, 11) is 0. The largest absolute Gasteiger partial charge is 0.487 e. The van der Waals surface area contributed by atoms with Crippen LogP contribution < -0.4 is 9.47 Å². The average molecular weight is 572 g/mol. The zero-order valence-corrected chi connectivity index (χ0v) is 27.5. The van der Waals surface area contributed by atoms with Crippen molar-refractivity contribution in [1.29, 1.82) is 0 Å². The van der Waals surface area contributed by atoms with E-state index in [1.165, 1.54) is 58.3 Å². The SMILES string of the molecule is CCOC1CC(c2c3c(c(C)c(C)c2OC(C)=O)OC(C)(CCCC(C)CCCC(C)CCCC(C)C)CC3)=NO1. The van der Waals surface area contributed by atoms with Gasteiger partial charge in [0.1, 0.15) is 17.1 Å². The first kappa shape index (κ1) is 33.4. The van der Waals surface area contributed by atoms with E-state index in [0.29, 0.717) is 18.8 Å². The van der Waals surface area contributed by atoms with E-state index in [4.69, 9.17) is 19.0 Å². The molecule has 2 heterocycles. The van der Waals surface area contributed by atoms with Crippen LogP contribution in [0.3, 0.4) is 0 Å². The molecular weight excluding hydrogens is 514 g/mol. The topological polar surface area (TPSA) is 66.4 Å². The van der Waals surface area contributed by atoms with Gasteiger partial charge in [-0.1, -0.05) is 77.8 Å². The summed E-state index contributed by atoms with van der Waals surface area (Å²) in [5, 5.41) is 4.36. The zero-order valence-electron chi connectivity index (χ0n) is 27.5. The maximum atomic E-state index is 12.1. The molecule has 3 rings (SSSR count). The number of oxime groups is 1. The lowest BCUT2D eigenvalue weighted by molar-refractivity contribution is -0.131. The number of benzene rings is 1. The summed E-state index contributed by atoms with van der Waals surface area (Å²) in [4.78, 5) is 17.6. The smallest absolute Gasteiger partial charge is 0.308 e. The second-order valence-corrected chi connectivity index (χ2v) is 13.5. The van der Waals surface area contributed by atoms with Crippen molar-refractivity contribution >= 4 is 11.7 Å². The number of nitrogens with zero attached hydrogens (tertiary/aromatic N) is 1. The van der Waals surface area contributed by atoms with Crippen LogP contribution in [0.5, 0.6) is 11.5 Å². The Morgan fingerprint density at radius 1 is 1.00 bits per heavy atom. The van der Waals surface area contributed by atoms with Crippen LogP contribution in [0.1, 0.15) is 141 Å². The maximum absolute atomic E-state index is 12.1.